The molecule has 2 rings (SSSR count). The van der Waals surface area contributed by atoms with Crippen LogP contribution >= 0.6 is 0 Å². The lowest BCUT2D eigenvalue weighted by atomic mass is 10.2. The van der Waals surface area contributed by atoms with Crippen molar-refractivity contribution >= 4 is 21.4 Å². The Hall–Kier alpha value is -2.21. The van der Waals surface area contributed by atoms with Crippen molar-refractivity contribution < 1.29 is 13.5 Å². The van der Waals surface area contributed by atoms with Crippen LogP contribution in [0.3, 0.4) is 0 Å². The van der Waals surface area contributed by atoms with E-state index in [9.17, 15) is 13.5 Å². The molecule has 0 bridgehead atoms. The number of aromatic hydroxyl groups is 1. The van der Waals surface area contributed by atoms with E-state index in [-0.39, 0.29) is 5.75 Å². The summed E-state index contributed by atoms with van der Waals surface area (Å²) in [5, 5.41) is 12.8. The second kappa shape index (κ2) is 5.83. The number of para-hydroxylation sites is 1. The van der Waals surface area contributed by atoms with Crippen molar-refractivity contribution in [2.45, 2.75) is 6.54 Å². The maximum atomic E-state index is 11.2. The maximum absolute atomic E-state index is 11.2. The van der Waals surface area contributed by atoms with Crippen molar-refractivity contribution in [3.05, 3.63) is 54.1 Å². The van der Waals surface area contributed by atoms with Crippen molar-refractivity contribution in [1.82, 2.24) is 0 Å². The van der Waals surface area contributed by atoms with Gasteiger partial charge in [-0.2, -0.15) is 0 Å². The summed E-state index contributed by atoms with van der Waals surface area (Å²) in [6.07, 6.45) is 1.11. The number of hydrogen-bond acceptors (Lipinski definition) is 4. The molecule has 0 saturated carbocycles. The topological polar surface area (TPSA) is 78.4 Å². The minimum absolute atomic E-state index is 0.227. The zero-order valence-electron chi connectivity index (χ0n) is 11.0. The van der Waals surface area contributed by atoms with Crippen LogP contribution in [0.4, 0.5) is 11.4 Å². The highest BCUT2D eigenvalue weighted by Crippen LogP contribution is 2.20. The molecule has 20 heavy (non-hydrogen) atoms. The third kappa shape index (κ3) is 4.17. The number of anilines is 2. The molecule has 0 aliphatic rings. The van der Waals surface area contributed by atoms with Gasteiger partial charge < -0.3 is 10.4 Å². The normalized spacial score (nSPS) is 11.1. The molecule has 0 saturated heterocycles. The quantitative estimate of drug-likeness (QED) is 0.790. The molecule has 0 amide bonds. The second-order valence-corrected chi connectivity index (χ2v) is 6.19. The van der Waals surface area contributed by atoms with E-state index < -0.39 is 10.0 Å². The molecular formula is C14H16N2O3S. The lowest BCUT2D eigenvalue weighted by molar-refractivity contribution is 0.469. The predicted molar refractivity (Wildman–Crippen MR) is 80.3 cm³/mol. The van der Waals surface area contributed by atoms with Crippen molar-refractivity contribution in [3.8, 4) is 5.75 Å². The van der Waals surface area contributed by atoms with Gasteiger partial charge in [-0.05, 0) is 24.3 Å². The van der Waals surface area contributed by atoms with Crippen LogP contribution in [-0.4, -0.2) is 19.8 Å². The van der Waals surface area contributed by atoms with Crippen LogP contribution in [-0.2, 0) is 16.6 Å². The Morgan fingerprint density at radius 1 is 1.05 bits per heavy atom. The van der Waals surface area contributed by atoms with E-state index in [1.165, 1.54) is 0 Å². The van der Waals surface area contributed by atoms with Gasteiger partial charge in [0, 0.05) is 17.8 Å². The standard InChI is InChI=1S/C14H16N2O3S/c1-20(18,19)16-13-7-4-6-12(9-13)15-10-11-5-2-3-8-14(11)17/h2-9,15-17H,10H2,1H3. The van der Waals surface area contributed by atoms with Crippen molar-refractivity contribution in [3.63, 3.8) is 0 Å². The summed E-state index contributed by atoms with van der Waals surface area (Å²) in [7, 11) is -3.29. The second-order valence-electron chi connectivity index (χ2n) is 4.44. The lowest BCUT2D eigenvalue weighted by Crippen LogP contribution is -2.09. The SMILES string of the molecule is CS(=O)(=O)Nc1cccc(NCc2ccccc2O)c1. The van der Waals surface area contributed by atoms with E-state index in [4.69, 9.17) is 0 Å². The van der Waals surface area contributed by atoms with E-state index in [1.807, 2.05) is 18.2 Å². The molecule has 0 spiro atoms. The Bertz CT molecular complexity index is 699. The Balaban J connectivity index is 2.07. The van der Waals surface area contributed by atoms with Crippen LogP contribution in [0.2, 0.25) is 0 Å². The molecule has 0 atom stereocenters. The van der Waals surface area contributed by atoms with Gasteiger partial charge in [0.15, 0.2) is 0 Å². The first kappa shape index (κ1) is 14.2. The Kier molecular flexibility index (Phi) is 4.14. The van der Waals surface area contributed by atoms with Gasteiger partial charge in [-0.3, -0.25) is 4.72 Å². The van der Waals surface area contributed by atoms with Crippen LogP contribution in [0, 0.1) is 0 Å². The third-order valence-electron chi connectivity index (χ3n) is 2.64. The van der Waals surface area contributed by atoms with Crippen LogP contribution in [0.5, 0.6) is 5.75 Å². The van der Waals surface area contributed by atoms with Gasteiger partial charge >= 0.3 is 0 Å². The van der Waals surface area contributed by atoms with Crippen LogP contribution in [0.15, 0.2) is 48.5 Å². The third-order valence-corrected chi connectivity index (χ3v) is 3.25. The van der Waals surface area contributed by atoms with Crippen LogP contribution in [0.25, 0.3) is 0 Å². The molecule has 5 nitrogen and oxygen atoms in total. The van der Waals surface area contributed by atoms with Gasteiger partial charge in [0.2, 0.25) is 10.0 Å². The summed E-state index contributed by atoms with van der Waals surface area (Å²) in [4.78, 5) is 0. The summed E-state index contributed by atoms with van der Waals surface area (Å²) >= 11 is 0. The molecular weight excluding hydrogens is 276 g/mol. The summed E-state index contributed by atoms with van der Waals surface area (Å²) < 4.78 is 24.8. The zero-order chi connectivity index (χ0) is 14.6. The van der Waals surface area contributed by atoms with Crippen molar-refractivity contribution in [2.24, 2.45) is 0 Å². The number of hydrogen-bond donors (Lipinski definition) is 3. The number of phenolic OH excluding ortho intramolecular Hbond substituents is 1. The molecule has 0 radical (unpaired) electrons. The fourth-order valence-electron chi connectivity index (χ4n) is 1.76. The molecule has 0 heterocycles. The van der Waals surface area contributed by atoms with E-state index in [0.717, 1.165) is 17.5 Å². The van der Waals surface area contributed by atoms with Gasteiger partial charge in [0.05, 0.1) is 11.9 Å². The highest BCUT2D eigenvalue weighted by atomic mass is 32.2. The summed E-state index contributed by atoms with van der Waals surface area (Å²) in [6, 6.07) is 14.0. The molecule has 106 valence electrons. The Labute approximate surface area is 118 Å². The van der Waals surface area contributed by atoms with Gasteiger partial charge in [-0.1, -0.05) is 24.3 Å². The molecule has 2 aromatic carbocycles. The fraction of sp³-hybridized carbons (Fsp3) is 0.143. The Morgan fingerprint density at radius 2 is 1.75 bits per heavy atom. The summed E-state index contributed by atoms with van der Waals surface area (Å²) in [6.45, 7) is 0.453. The molecule has 0 unspecified atom stereocenters. The molecule has 6 heteroatoms. The van der Waals surface area contributed by atoms with E-state index in [2.05, 4.69) is 10.0 Å². The van der Waals surface area contributed by atoms with Crippen molar-refractivity contribution in [2.75, 3.05) is 16.3 Å². The first-order valence-corrected chi connectivity index (χ1v) is 7.92. The number of benzene rings is 2. The zero-order valence-corrected chi connectivity index (χ0v) is 11.8. The number of nitrogens with one attached hydrogen (secondary N) is 2. The minimum Gasteiger partial charge on any atom is -0.508 e. The molecule has 3 N–H and O–H groups in total. The smallest absolute Gasteiger partial charge is 0.229 e. The summed E-state index contributed by atoms with van der Waals surface area (Å²) in [5.74, 6) is 0.227. The van der Waals surface area contributed by atoms with Gasteiger partial charge in [0.1, 0.15) is 5.75 Å². The van der Waals surface area contributed by atoms with E-state index in [0.29, 0.717) is 12.2 Å². The van der Waals surface area contributed by atoms with Gasteiger partial charge in [0.25, 0.3) is 0 Å². The molecule has 0 fully saturated rings. The largest absolute Gasteiger partial charge is 0.508 e. The number of rotatable bonds is 5. The molecule has 2 aromatic rings. The summed E-state index contributed by atoms with van der Waals surface area (Å²) in [5.41, 5.74) is 2.03. The number of phenols is 1. The minimum atomic E-state index is -3.29. The maximum Gasteiger partial charge on any atom is 0.229 e. The monoisotopic (exact) mass is 292 g/mol. The fourth-order valence-corrected chi connectivity index (χ4v) is 2.32. The van der Waals surface area contributed by atoms with Gasteiger partial charge in [-0.25, -0.2) is 8.42 Å². The van der Waals surface area contributed by atoms with Crippen LogP contribution in [0.1, 0.15) is 5.56 Å². The Morgan fingerprint density at radius 3 is 2.45 bits per heavy atom. The van der Waals surface area contributed by atoms with Crippen molar-refractivity contribution in [1.29, 1.82) is 0 Å². The lowest BCUT2D eigenvalue weighted by Gasteiger charge is -2.10. The van der Waals surface area contributed by atoms with E-state index in [1.54, 1.807) is 30.3 Å². The predicted octanol–water partition coefficient (Wildman–Crippen LogP) is 2.38. The van der Waals surface area contributed by atoms with Gasteiger partial charge in [-0.15, -0.1) is 0 Å². The first-order chi connectivity index (χ1) is 9.44. The first-order valence-electron chi connectivity index (χ1n) is 6.03. The molecule has 0 aromatic heterocycles. The average Bonchev–Trinajstić information content (AvgIpc) is 2.36. The highest BCUT2D eigenvalue weighted by molar-refractivity contribution is 7.92. The molecule has 0 aliphatic heterocycles. The number of sulfonamides is 1. The highest BCUT2D eigenvalue weighted by Gasteiger charge is 2.03. The van der Waals surface area contributed by atoms with Crippen LogP contribution < -0.4 is 10.0 Å². The van der Waals surface area contributed by atoms with E-state index >= 15 is 0 Å². The molecule has 0 aliphatic carbocycles. The average molecular weight is 292 g/mol.